The third-order valence-electron chi connectivity index (χ3n) is 0.526. The average molecular weight is 94.2 g/mol. The summed E-state index contributed by atoms with van der Waals surface area (Å²) in [5, 5.41) is 0. The second-order valence-electron chi connectivity index (χ2n) is 1.17. The lowest BCUT2D eigenvalue weighted by atomic mass is 10.3. The largest absolute Gasteiger partial charge is 0.0907 e. The molecule has 0 atom stereocenters. The van der Waals surface area contributed by atoms with Gasteiger partial charge in [-0.2, -0.15) is 0 Å². The molecule has 0 aliphatic rings. The molecule has 0 heterocycles. The van der Waals surface area contributed by atoms with Gasteiger partial charge in [-0.1, -0.05) is 24.3 Å². The van der Waals surface area contributed by atoms with E-state index < -0.39 is 0 Å². The molecule has 0 aliphatic heterocycles. The van der Waals surface area contributed by atoms with Crippen molar-refractivity contribution in [2.45, 2.75) is 13.8 Å². The Balaban J connectivity index is 2.98. The lowest BCUT2D eigenvalue weighted by molar-refractivity contribution is 1.62. The van der Waals surface area contributed by atoms with Gasteiger partial charge in [-0.25, -0.2) is 0 Å². The lowest BCUT2D eigenvalue weighted by Crippen LogP contribution is -1.54. The van der Waals surface area contributed by atoms with Gasteiger partial charge >= 0.3 is 0 Å². The summed E-state index contributed by atoms with van der Waals surface area (Å²) in [5.74, 6) is 0. The number of hydrogen-bond donors (Lipinski definition) is 0. The molecule has 0 rings (SSSR count). The molecule has 0 aromatic heterocycles. The second-order valence-corrected chi connectivity index (χ2v) is 1.17. The molecule has 0 spiro atoms. The van der Waals surface area contributed by atoms with Gasteiger partial charge in [0.15, 0.2) is 0 Å². The molecule has 0 heteroatoms. The molecule has 0 N–H and O–H groups in total. The second kappa shape index (κ2) is 5.48. The first kappa shape index (κ1) is 6.48. The van der Waals surface area contributed by atoms with Crippen LogP contribution < -0.4 is 0 Å². The minimum atomic E-state index is 1.88. The fraction of sp³-hybridized carbons (Fsp3) is 0.286. The van der Waals surface area contributed by atoms with E-state index in [9.17, 15) is 0 Å². The van der Waals surface area contributed by atoms with Gasteiger partial charge in [0.05, 0.1) is 0 Å². The minimum absolute atomic E-state index is 1.88. The highest BCUT2D eigenvalue weighted by Gasteiger charge is 1.63. The van der Waals surface area contributed by atoms with Crippen molar-refractivity contribution in [3.8, 4) is 0 Å². The molecule has 2 radical (unpaired) electrons. The SMILES string of the molecule is C/C=C\[C]/C=C\C. The van der Waals surface area contributed by atoms with E-state index >= 15 is 0 Å². The van der Waals surface area contributed by atoms with E-state index in [1.807, 2.05) is 38.2 Å². The Morgan fingerprint density at radius 1 is 1.00 bits per heavy atom. The van der Waals surface area contributed by atoms with Crippen molar-refractivity contribution >= 4 is 0 Å². The third-order valence-corrected chi connectivity index (χ3v) is 0.526. The smallest absolute Gasteiger partial charge is 0.0336 e. The minimum Gasteiger partial charge on any atom is -0.0907 e. The van der Waals surface area contributed by atoms with Crippen molar-refractivity contribution in [3.63, 3.8) is 0 Å². The molecule has 0 bridgehead atoms. The third kappa shape index (κ3) is 5.48. The van der Waals surface area contributed by atoms with Crippen LogP contribution in [-0.2, 0) is 0 Å². The molecular formula is C7H10. The first-order chi connectivity index (χ1) is 3.41. The summed E-state index contributed by atoms with van der Waals surface area (Å²) in [5.41, 5.74) is 0. The number of rotatable bonds is 2. The van der Waals surface area contributed by atoms with Crippen LogP contribution in [0.1, 0.15) is 13.8 Å². The van der Waals surface area contributed by atoms with Crippen LogP contribution in [0.15, 0.2) is 24.3 Å². The molecule has 0 saturated heterocycles. The van der Waals surface area contributed by atoms with Gasteiger partial charge in [0.1, 0.15) is 0 Å². The summed E-state index contributed by atoms with van der Waals surface area (Å²) < 4.78 is 0. The predicted octanol–water partition coefficient (Wildman–Crippen LogP) is 2.22. The molecule has 7 heavy (non-hydrogen) atoms. The Morgan fingerprint density at radius 2 is 1.43 bits per heavy atom. The highest BCUT2D eigenvalue weighted by molar-refractivity contribution is 5.06. The maximum Gasteiger partial charge on any atom is 0.0336 e. The van der Waals surface area contributed by atoms with Crippen molar-refractivity contribution in [3.05, 3.63) is 30.7 Å². The molecule has 38 valence electrons. The van der Waals surface area contributed by atoms with E-state index in [2.05, 4.69) is 6.42 Å². The zero-order chi connectivity index (χ0) is 5.54. The Bertz CT molecular complexity index is 58.1. The van der Waals surface area contributed by atoms with Crippen molar-refractivity contribution in [2.24, 2.45) is 0 Å². The van der Waals surface area contributed by atoms with Crippen LogP contribution in [0.4, 0.5) is 0 Å². The Hall–Kier alpha value is -0.520. The molecule has 0 unspecified atom stereocenters. The fourth-order valence-electron chi connectivity index (χ4n) is 0.248. The standard InChI is InChI=1S/C7H10/c1-3-5-7-6-4-2/h3-6H,1-2H3/b5-3-,6-4-. The van der Waals surface area contributed by atoms with Crippen molar-refractivity contribution in [2.75, 3.05) is 0 Å². The summed E-state index contributed by atoms with van der Waals surface area (Å²) in [7, 11) is 0. The zero-order valence-corrected chi connectivity index (χ0v) is 4.81. The van der Waals surface area contributed by atoms with Gasteiger partial charge in [-0.15, -0.1) is 0 Å². The Morgan fingerprint density at radius 3 is 1.71 bits per heavy atom. The molecule has 0 nitrogen and oxygen atoms in total. The van der Waals surface area contributed by atoms with E-state index in [-0.39, 0.29) is 0 Å². The van der Waals surface area contributed by atoms with E-state index in [1.165, 1.54) is 0 Å². The lowest BCUT2D eigenvalue weighted by Gasteiger charge is -1.71. The van der Waals surface area contributed by atoms with Crippen LogP contribution in [0.3, 0.4) is 0 Å². The van der Waals surface area contributed by atoms with Crippen LogP contribution in [-0.4, -0.2) is 0 Å². The Labute approximate surface area is 45.5 Å². The summed E-state index contributed by atoms with van der Waals surface area (Å²) in [4.78, 5) is 0. The van der Waals surface area contributed by atoms with Crippen LogP contribution in [0.25, 0.3) is 0 Å². The van der Waals surface area contributed by atoms with Crippen molar-refractivity contribution < 1.29 is 0 Å². The van der Waals surface area contributed by atoms with Crippen LogP contribution >= 0.6 is 0 Å². The molecule has 0 fully saturated rings. The molecule has 0 saturated carbocycles. The Kier molecular flexibility index (Phi) is 5.07. The van der Waals surface area contributed by atoms with Crippen molar-refractivity contribution in [1.82, 2.24) is 0 Å². The van der Waals surface area contributed by atoms with E-state index in [1.54, 1.807) is 0 Å². The molecule has 0 aromatic carbocycles. The number of hydrogen-bond acceptors (Lipinski definition) is 0. The predicted molar refractivity (Wildman–Crippen MR) is 32.9 cm³/mol. The first-order valence-corrected chi connectivity index (χ1v) is 2.40. The van der Waals surface area contributed by atoms with Gasteiger partial charge in [-0.3, -0.25) is 0 Å². The van der Waals surface area contributed by atoms with Gasteiger partial charge in [0.2, 0.25) is 0 Å². The van der Waals surface area contributed by atoms with E-state index in [4.69, 9.17) is 0 Å². The normalized spacial score (nSPS) is 11.7. The fourth-order valence-corrected chi connectivity index (χ4v) is 0.248. The maximum absolute atomic E-state index is 2.92. The zero-order valence-electron chi connectivity index (χ0n) is 4.81. The number of allylic oxidation sites excluding steroid dienone is 4. The summed E-state index contributed by atoms with van der Waals surface area (Å²) in [6.07, 6.45) is 10.6. The molecule has 0 aromatic rings. The van der Waals surface area contributed by atoms with Crippen LogP contribution in [0.5, 0.6) is 0 Å². The van der Waals surface area contributed by atoms with Crippen LogP contribution in [0, 0.1) is 6.42 Å². The molecular weight excluding hydrogens is 84.1 g/mol. The first-order valence-electron chi connectivity index (χ1n) is 2.40. The highest BCUT2D eigenvalue weighted by Crippen LogP contribution is 1.80. The highest BCUT2D eigenvalue weighted by atomic mass is 13.7. The summed E-state index contributed by atoms with van der Waals surface area (Å²) in [6, 6.07) is 0. The summed E-state index contributed by atoms with van der Waals surface area (Å²) >= 11 is 0. The van der Waals surface area contributed by atoms with Gasteiger partial charge in [-0.05, 0) is 13.8 Å². The quantitative estimate of drug-likeness (QED) is 0.492. The van der Waals surface area contributed by atoms with E-state index in [0.717, 1.165) is 0 Å². The monoisotopic (exact) mass is 94.1 g/mol. The summed E-state index contributed by atoms with van der Waals surface area (Å²) in [6.45, 7) is 3.94. The van der Waals surface area contributed by atoms with Gasteiger partial charge in [0, 0.05) is 6.42 Å². The van der Waals surface area contributed by atoms with Crippen molar-refractivity contribution in [1.29, 1.82) is 0 Å². The van der Waals surface area contributed by atoms with Gasteiger partial charge in [0.25, 0.3) is 0 Å². The van der Waals surface area contributed by atoms with E-state index in [0.29, 0.717) is 0 Å². The van der Waals surface area contributed by atoms with Gasteiger partial charge < -0.3 is 0 Å². The molecule has 0 aliphatic carbocycles. The average Bonchev–Trinajstić information content (AvgIpc) is 1.69. The topological polar surface area (TPSA) is 0 Å². The maximum atomic E-state index is 2.92. The molecule has 0 amide bonds. The van der Waals surface area contributed by atoms with Crippen LogP contribution in [0.2, 0.25) is 0 Å².